The first kappa shape index (κ1) is 16.3. The van der Waals surface area contributed by atoms with Crippen molar-refractivity contribution in [2.24, 2.45) is 0 Å². The molecule has 122 valence electrons. The summed E-state index contributed by atoms with van der Waals surface area (Å²) in [7, 11) is 0. The number of H-pyrrole nitrogens is 1. The fourth-order valence-electron chi connectivity index (χ4n) is 2.58. The summed E-state index contributed by atoms with van der Waals surface area (Å²) in [6, 6.07) is 14.7. The highest BCUT2D eigenvalue weighted by molar-refractivity contribution is 8.00. The number of nitrogens with two attached hydrogens (primary N) is 1. The summed E-state index contributed by atoms with van der Waals surface area (Å²) in [4.78, 5) is 31.2. The van der Waals surface area contributed by atoms with Crippen LogP contribution in [0, 0.1) is 0 Å². The molecule has 1 heterocycles. The monoisotopic (exact) mass is 339 g/mol. The lowest BCUT2D eigenvalue weighted by molar-refractivity contribution is 0.0989. The number of rotatable bonds is 5. The average Bonchev–Trinajstić information content (AvgIpc) is 2.57. The Labute approximate surface area is 143 Å². The van der Waals surface area contributed by atoms with Crippen molar-refractivity contribution in [1.29, 1.82) is 0 Å². The van der Waals surface area contributed by atoms with Crippen molar-refractivity contribution in [3.05, 3.63) is 64.4 Å². The van der Waals surface area contributed by atoms with Crippen LogP contribution in [0.2, 0.25) is 0 Å². The molecule has 5 nitrogen and oxygen atoms in total. The molecule has 6 heteroatoms. The third-order valence-corrected chi connectivity index (χ3v) is 4.96. The molecule has 2 aromatic carbocycles. The Hall–Kier alpha value is -2.60. The van der Waals surface area contributed by atoms with E-state index in [2.05, 4.69) is 9.97 Å². The summed E-state index contributed by atoms with van der Waals surface area (Å²) >= 11 is 1.23. The van der Waals surface area contributed by atoms with Crippen LogP contribution in [-0.2, 0) is 0 Å². The smallest absolute Gasteiger partial charge is 0.253 e. The number of nitrogens with one attached hydrogen (secondary N) is 1. The number of hydrogen-bond donors (Lipinski definition) is 2. The molecular formula is C18H17N3O2S. The maximum Gasteiger partial charge on any atom is 0.253 e. The van der Waals surface area contributed by atoms with Crippen LogP contribution in [0.3, 0.4) is 0 Å². The molecule has 24 heavy (non-hydrogen) atoms. The summed E-state index contributed by atoms with van der Waals surface area (Å²) in [5, 5.41) is 1.97. The second-order valence-corrected chi connectivity index (χ2v) is 6.57. The minimum Gasteiger partial charge on any atom is -0.383 e. The van der Waals surface area contributed by atoms with Crippen LogP contribution >= 0.6 is 11.8 Å². The van der Waals surface area contributed by atoms with Gasteiger partial charge < -0.3 is 10.7 Å². The summed E-state index contributed by atoms with van der Waals surface area (Å²) in [5.74, 6) is 0.165. The number of benzene rings is 2. The predicted molar refractivity (Wildman–Crippen MR) is 97.5 cm³/mol. The molecule has 0 aliphatic heterocycles. The number of ketones is 1. The van der Waals surface area contributed by atoms with E-state index in [9.17, 15) is 9.59 Å². The Balaban J connectivity index is 1.95. The highest BCUT2D eigenvalue weighted by atomic mass is 32.2. The van der Waals surface area contributed by atoms with Gasteiger partial charge in [0.05, 0.1) is 5.25 Å². The fourth-order valence-corrected chi connectivity index (χ4v) is 3.57. The molecule has 0 unspecified atom stereocenters. The molecule has 0 amide bonds. The van der Waals surface area contributed by atoms with Gasteiger partial charge in [-0.15, -0.1) is 0 Å². The molecule has 1 atom stereocenters. The van der Waals surface area contributed by atoms with Crippen molar-refractivity contribution >= 4 is 34.1 Å². The quantitative estimate of drug-likeness (QED) is 0.423. The van der Waals surface area contributed by atoms with Crippen molar-refractivity contribution in [3.8, 4) is 0 Å². The van der Waals surface area contributed by atoms with Gasteiger partial charge in [-0.25, -0.2) is 4.98 Å². The number of aromatic nitrogens is 2. The minimum absolute atomic E-state index is 0.0179. The summed E-state index contributed by atoms with van der Waals surface area (Å²) in [5.41, 5.74) is 5.97. The molecular weight excluding hydrogens is 322 g/mol. The first-order valence-corrected chi connectivity index (χ1v) is 8.52. The standard InChI is InChI=1S/C18H17N3O2S/c1-2-14(24-18-20-15(19)10-16(22)21-18)17(23)13-9-5-7-11-6-3-4-8-12(11)13/h3-10,14H,2H2,1H3,(H3,19,20,21,22)/t14-/m1/s1. The number of nitrogens with zero attached hydrogens (tertiary/aromatic N) is 1. The van der Waals surface area contributed by atoms with Crippen LogP contribution in [0.15, 0.2) is 58.5 Å². The van der Waals surface area contributed by atoms with Crippen LogP contribution in [-0.4, -0.2) is 21.0 Å². The average molecular weight is 339 g/mol. The zero-order valence-electron chi connectivity index (χ0n) is 13.2. The van der Waals surface area contributed by atoms with Crippen molar-refractivity contribution in [3.63, 3.8) is 0 Å². The summed E-state index contributed by atoms with van der Waals surface area (Å²) < 4.78 is 0. The number of nitrogen functional groups attached to an aromatic ring is 1. The van der Waals surface area contributed by atoms with Gasteiger partial charge in [0.1, 0.15) is 5.82 Å². The lowest BCUT2D eigenvalue weighted by atomic mass is 9.99. The number of Topliss-reactive ketones (excluding diaryl/α,β-unsaturated/α-hetero) is 1. The van der Waals surface area contributed by atoms with E-state index in [1.54, 1.807) is 0 Å². The van der Waals surface area contributed by atoms with Gasteiger partial charge in [0, 0.05) is 11.6 Å². The van der Waals surface area contributed by atoms with E-state index in [0.717, 1.165) is 10.8 Å². The lowest BCUT2D eigenvalue weighted by Gasteiger charge is -2.14. The van der Waals surface area contributed by atoms with E-state index < -0.39 is 0 Å². The largest absolute Gasteiger partial charge is 0.383 e. The molecule has 0 aliphatic rings. The predicted octanol–water partition coefficient (Wildman–Crippen LogP) is 3.26. The Morgan fingerprint density at radius 1 is 1.25 bits per heavy atom. The number of aromatic amines is 1. The zero-order chi connectivity index (χ0) is 17.1. The Morgan fingerprint density at radius 2 is 2.00 bits per heavy atom. The number of fused-ring (bicyclic) bond motifs is 1. The lowest BCUT2D eigenvalue weighted by Crippen LogP contribution is -2.19. The molecule has 0 saturated heterocycles. The molecule has 3 N–H and O–H groups in total. The van der Waals surface area contributed by atoms with Crippen LogP contribution in [0.4, 0.5) is 5.82 Å². The van der Waals surface area contributed by atoms with E-state index in [-0.39, 0.29) is 22.4 Å². The van der Waals surface area contributed by atoms with Gasteiger partial charge in [-0.1, -0.05) is 61.2 Å². The van der Waals surface area contributed by atoms with E-state index in [1.807, 2.05) is 49.4 Å². The van der Waals surface area contributed by atoms with Crippen molar-refractivity contribution in [2.75, 3.05) is 5.73 Å². The maximum absolute atomic E-state index is 13.0. The molecule has 3 aromatic rings. The number of carbonyl (C=O) groups is 1. The third kappa shape index (κ3) is 3.33. The van der Waals surface area contributed by atoms with E-state index >= 15 is 0 Å². The van der Waals surface area contributed by atoms with Gasteiger partial charge in [0.15, 0.2) is 10.9 Å². The second kappa shape index (κ2) is 6.88. The molecule has 1 aromatic heterocycles. The highest BCUT2D eigenvalue weighted by Crippen LogP contribution is 2.28. The molecule has 0 bridgehead atoms. The first-order valence-electron chi connectivity index (χ1n) is 7.64. The van der Waals surface area contributed by atoms with Crippen molar-refractivity contribution in [2.45, 2.75) is 23.8 Å². The van der Waals surface area contributed by atoms with Gasteiger partial charge in [0.25, 0.3) is 5.56 Å². The highest BCUT2D eigenvalue weighted by Gasteiger charge is 2.22. The number of carbonyl (C=O) groups excluding carboxylic acids is 1. The third-order valence-electron chi connectivity index (χ3n) is 3.71. The van der Waals surface area contributed by atoms with E-state index in [1.165, 1.54) is 17.8 Å². The molecule has 0 radical (unpaired) electrons. The van der Waals surface area contributed by atoms with Gasteiger partial charge in [0.2, 0.25) is 0 Å². The normalized spacial score (nSPS) is 12.2. The van der Waals surface area contributed by atoms with Gasteiger partial charge in [-0.2, -0.15) is 0 Å². The van der Waals surface area contributed by atoms with Crippen LogP contribution in [0.1, 0.15) is 23.7 Å². The van der Waals surface area contributed by atoms with Crippen molar-refractivity contribution < 1.29 is 4.79 Å². The molecule has 0 spiro atoms. The Bertz CT molecular complexity index is 947. The zero-order valence-corrected chi connectivity index (χ0v) is 14.0. The first-order chi connectivity index (χ1) is 11.6. The minimum atomic E-state index is -0.347. The Kier molecular flexibility index (Phi) is 4.66. The molecule has 0 fully saturated rings. The van der Waals surface area contributed by atoms with Gasteiger partial charge in [-0.05, 0) is 17.2 Å². The van der Waals surface area contributed by atoms with Gasteiger partial charge >= 0.3 is 0 Å². The van der Waals surface area contributed by atoms with Crippen molar-refractivity contribution in [1.82, 2.24) is 9.97 Å². The number of anilines is 1. The van der Waals surface area contributed by atoms with Gasteiger partial charge in [-0.3, -0.25) is 9.59 Å². The molecule has 0 aliphatic carbocycles. The van der Waals surface area contributed by atoms with E-state index in [4.69, 9.17) is 5.73 Å². The number of hydrogen-bond acceptors (Lipinski definition) is 5. The molecule has 0 saturated carbocycles. The van der Waals surface area contributed by atoms with E-state index in [0.29, 0.717) is 17.1 Å². The molecule has 3 rings (SSSR count). The maximum atomic E-state index is 13.0. The second-order valence-electron chi connectivity index (χ2n) is 5.38. The summed E-state index contributed by atoms with van der Waals surface area (Å²) in [6.45, 7) is 1.94. The van der Waals surface area contributed by atoms with Crippen LogP contribution in [0.25, 0.3) is 10.8 Å². The Morgan fingerprint density at radius 3 is 2.75 bits per heavy atom. The topological polar surface area (TPSA) is 88.8 Å². The summed E-state index contributed by atoms with van der Waals surface area (Å²) in [6.07, 6.45) is 0.616. The number of thioether (sulfide) groups is 1. The van der Waals surface area contributed by atoms with Crippen LogP contribution < -0.4 is 11.3 Å². The van der Waals surface area contributed by atoms with Crippen LogP contribution in [0.5, 0.6) is 0 Å². The fraction of sp³-hybridized carbons (Fsp3) is 0.167. The SMILES string of the molecule is CC[C@@H](Sc1nc(N)cc(=O)[nH]1)C(=O)c1cccc2ccccc12.